The summed E-state index contributed by atoms with van der Waals surface area (Å²) in [6.45, 7) is 3.37. The van der Waals surface area contributed by atoms with Gasteiger partial charge in [-0.1, -0.05) is 0 Å². The molecule has 1 spiro atoms. The van der Waals surface area contributed by atoms with Crippen molar-refractivity contribution in [3.8, 4) is 0 Å². The van der Waals surface area contributed by atoms with Crippen LogP contribution in [0.15, 0.2) is 0 Å². The second-order valence-electron chi connectivity index (χ2n) is 7.88. The Morgan fingerprint density at radius 3 is 2.22 bits per heavy atom. The van der Waals surface area contributed by atoms with Crippen molar-refractivity contribution in [2.24, 2.45) is 5.92 Å². The first-order valence-electron chi connectivity index (χ1n) is 9.02. The van der Waals surface area contributed by atoms with Crippen LogP contribution < -0.4 is 0 Å². The second-order valence-corrected chi connectivity index (χ2v) is 7.88. The van der Waals surface area contributed by atoms with Crippen molar-refractivity contribution >= 4 is 5.91 Å². The van der Waals surface area contributed by atoms with Gasteiger partial charge in [0, 0.05) is 57.9 Å². The summed E-state index contributed by atoms with van der Waals surface area (Å²) in [5.74, 6) is -1.83. The van der Waals surface area contributed by atoms with Gasteiger partial charge < -0.3 is 14.5 Å². The van der Waals surface area contributed by atoms with Crippen LogP contribution in [0.5, 0.6) is 0 Å². The van der Waals surface area contributed by atoms with Crippen molar-refractivity contribution in [1.29, 1.82) is 0 Å². The molecule has 130 valence electrons. The fraction of sp³-hybridized carbons (Fsp3) is 0.941. The predicted octanol–water partition coefficient (Wildman–Crippen LogP) is 2.28. The smallest absolute Gasteiger partial charge is 0.250 e. The zero-order valence-electron chi connectivity index (χ0n) is 13.6. The number of likely N-dealkylation sites (tertiary alicyclic amines) is 2. The minimum Gasteiger partial charge on any atom is -0.370 e. The first-order chi connectivity index (χ1) is 10.9. The molecular weight excluding hydrogens is 302 g/mol. The third-order valence-electron chi connectivity index (χ3n) is 5.98. The van der Waals surface area contributed by atoms with Crippen LogP contribution in [-0.4, -0.2) is 66.1 Å². The van der Waals surface area contributed by atoms with Crippen molar-refractivity contribution in [1.82, 2.24) is 9.80 Å². The minimum atomic E-state index is -2.47. The Labute approximate surface area is 136 Å². The number of carbonyl (C=O) groups is 1. The van der Waals surface area contributed by atoms with Crippen molar-refractivity contribution in [3.05, 3.63) is 0 Å². The quantitative estimate of drug-likeness (QED) is 0.797. The maximum atomic E-state index is 13.2. The Balaban J connectivity index is 1.19. The van der Waals surface area contributed by atoms with E-state index in [2.05, 4.69) is 4.90 Å². The zero-order valence-corrected chi connectivity index (χ0v) is 13.6. The molecule has 4 rings (SSSR count). The molecule has 0 N–H and O–H groups in total. The minimum absolute atomic E-state index is 0.0247. The van der Waals surface area contributed by atoms with Gasteiger partial charge in [-0.2, -0.15) is 0 Å². The Morgan fingerprint density at radius 1 is 1.04 bits per heavy atom. The lowest BCUT2D eigenvalue weighted by molar-refractivity contribution is -0.231. The third-order valence-corrected chi connectivity index (χ3v) is 5.98. The molecule has 0 aromatic carbocycles. The lowest BCUT2D eigenvalue weighted by atomic mass is 9.80. The Hall–Kier alpha value is -0.750. The lowest BCUT2D eigenvalue weighted by Crippen LogP contribution is -2.60. The third kappa shape index (κ3) is 3.38. The number of rotatable bonds is 3. The van der Waals surface area contributed by atoms with Gasteiger partial charge in [0.1, 0.15) is 0 Å². The monoisotopic (exact) mass is 328 g/mol. The number of amides is 1. The number of halogens is 2. The van der Waals surface area contributed by atoms with E-state index in [0.29, 0.717) is 24.9 Å². The van der Waals surface area contributed by atoms with Crippen molar-refractivity contribution in [2.45, 2.75) is 62.6 Å². The molecule has 1 saturated carbocycles. The SMILES string of the molecule is O=C(C1CC1)N1CCC2(CC1)CC(CN1CCC(F)(F)CC1)O2. The van der Waals surface area contributed by atoms with Crippen molar-refractivity contribution in [2.75, 3.05) is 32.7 Å². The van der Waals surface area contributed by atoms with E-state index < -0.39 is 5.92 Å². The molecule has 6 heteroatoms. The number of alkyl halides is 2. The Bertz CT molecular complexity index is 455. The summed E-state index contributed by atoms with van der Waals surface area (Å²) in [5.41, 5.74) is -0.0370. The second kappa shape index (κ2) is 5.66. The molecule has 1 unspecified atom stereocenters. The first kappa shape index (κ1) is 15.8. The van der Waals surface area contributed by atoms with Crippen LogP contribution in [0.2, 0.25) is 0 Å². The van der Waals surface area contributed by atoms with Crippen molar-refractivity contribution < 1.29 is 18.3 Å². The summed E-state index contributed by atoms with van der Waals surface area (Å²) >= 11 is 0. The molecule has 0 aromatic heterocycles. The van der Waals surface area contributed by atoms with E-state index in [1.165, 1.54) is 0 Å². The van der Waals surface area contributed by atoms with Gasteiger partial charge in [-0.05, 0) is 25.7 Å². The summed E-state index contributed by atoms with van der Waals surface area (Å²) in [4.78, 5) is 16.2. The molecule has 4 nitrogen and oxygen atoms in total. The van der Waals surface area contributed by atoms with E-state index in [4.69, 9.17) is 4.74 Å². The normalized spacial score (nSPS) is 33.5. The number of piperidine rings is 2. The van der Waals surface area contributed by atoms with E-state index in [-0.39, 0.29) is 24.5 Å². The molecule has 1 aliphatic carbocycles. The van der Waals surface area contributed by atoms with Gasteiger partial charge in [0.25, 0.3) is 5.92 Å². The van der Waals surface area contributed by atoms with Crippen LogP contribution in [-0.2, 0) is 9.53 Å². The molecule has 0 bridgehead atoms. The number of carbonyl (C=O) groups excluding carboxylic acids is 1. The topological polar surface area (TPSA) is 32.8 Å². The van der Waals surface area contributed by atoms with Gasteiger partial charge in [-0.3, -0.25) is 4.79 Å². The van der Waals surface area contributed by atoms with Gasteiger partial charge in [0.2, 0.25) is 5.91 Å². The molecule has 3 aliphatic heterocycles. The molecule has 3 heterocycles. The zero-order chi connectivity index (χ0) is 16.1. The molecule has 4 fully saturated rings. The van der Waals surface area contributed by atoms with Gasteiger partial charge in [-0.25, -0.2) is 8.78 Å². The highest BCUT2D eigenvalue weighted by Gasteiger charge is 2.49. The molecule has 4 aliphatic rings. The van der Waals surface area contributed by atoms with Crippen molar-refractivity contribution in [3.63, 3.8) is 0 Å². The van der Waals surface area contributed by atoms with Crippen LogP contribution in [0.25, 0.3) is 0 Å². The van der Waals surface area contributed by atoms with Crippen LogP contribution >= 0.6 is 0 Å². The van der Waals surface area contributed by atoms with Gasteiger partial charge in [0.05, 0.1) is 11.7 Å². The number of ether oxygens (including phenoxy) is 1. The van der Waals surface area contributed by atoms with Gasteiger partial charge >= 0.3 is 0 Å². The van der Waals surface area contributed by atoms with Crippen LogP contribution in [0.4, 0.5) is 8.78 Å². The molecular formula is C17H26F2N2O2. The van der Waals surface area contributed by atoms with Crippen LogP contribution in [0.3, 0.4) is 0 Å². The first-order valence-corrected chi connectivity index (χ1v) is 9.02. The number of hydrogen-bond donors (Lipinski definition) is 0. The fourth-order valence-electron chi connectivity index (χ4n) is 4.26. The van der Waals surface area contributed by atoms with Gasteiger partial charge in [-0.15, -0.1) is 0 Å². The molecule has 0 radical (unpaired) electrons. The van der Waals surface area contributed by atoms with E-state index in [0.717, 1.165) is 51.7 Å². The molecule has 0 aromatic rings. The number of nitrogens with zero attached hydrogens (tertiary/aromatic N) is 2. The standard InChI is InChI=1S/C17H26F2N2O2/c18-17(19)5-7-20(8-6-17)12-14-11-16(23-14)3-9-21(10-4-16)15(22)13-1-2-13/h13-14H,1-12H2. The molecule has 23 heavy (non-hydrogen) atoms. The predicted molar refractivity (Wildman–Crippen MR) is 81.4 cm³/mol. The summed E-state index contributed by atoms with van der Waals surface area (Å²) in [6, 6.07) is 0. The highest BCUT2D eigenvalue weighted by molar-refractivity contribution is 5.81. The van der Waals surface area contributed by atoms with E-state index in [1.807, 2.05) is 4.90 Å². The largest absolute Gasteiger partial charge is 0.370 e. The Kier molecular flexibility index (Phi) is 3.88. The summed E-state index contributed by atoms with van der Waals surface area (Å²) in [5, 5.41) is 0. The molecule has 1 amide bonds. The maximum absolute atomic E-state index is 13.2. The molecule has 1 atom stereocenters. The average Bonchev–Trinajstić information content (AvgIpc) is 3.32. The lowest BCUT2D eigenvalue weighted by Gasteiger charge is -2.53. The van der Waals surface area contributed by atoms with E-state index in [1.54, 1.807) is 0 Å². The fourth-order valence-corrected chi connectivity index (χ4v) is 4.26. The molecule has 3 saturated heterocycles. The highest BCUT2D eigenvalue weighted by Crippen LogP contribution is 2.43. The van der Waals surface area contributed by atoms with Gasteiger partial charge in [0.15, 0.2) is 0 Å². The summed E-state index contributed by atoms with van der Waals surface area (Å²) in [7, 11) is 0. The average molecular weight is 328 g/mol. The summed E-state index contributed by atoms with van der Waals surface area (Å²) in [6.07, 6.45) is 5.15. The maximum Gasteiger partial charge on any atom is 0.250 e. The summed E-state index contributed by atoms with van der Waals surface area (Å²) < 4.78 is 32.5. The Morgan fingerprint density at radius 2 is 1.65 bits per heavy atom. The number of hydrogen-bond acceptors (Lipinski definition) is 3. The van der Waals surface area contributed by atoms with E-state index in [9.17, 15) is 13.6 Å². The highest BCUT2D eigenvalue weighted by atomic mass is 19.3. The van der Waals surface area contributed by atoms with Crippen LogP contribution in [0.1, 0.15) is 44.9 Å². The van der Waals surface area contributed by atoms with Crippen LogP contribution in [0, 0.1) is 5.92 Å². The van der Waals surface area contributed by atoms with E-state index >= 15 is 0 Å².